The molecule has 4 rings (SSSR count). The van der Waals surface area contributed by atoms with Crippen LogP contribution in [0, 0.1) is 35.0 Å². The van der Waals surface area contributed by atoms with Gasteiger partial charge in [0, 0.05) is 0 Å². The Morgan fingerprint density at radius 2 is 1.69 bits per heavy atom. The molecule has 0 heterocycles. The van der Waals surface area contributed by atoms with Crippen LogP contribution in [0.3, 0.4) is 0 Å². The Morgan fingerprint density at radius 1 is 1.12 bits per heavy atom. The summed E-state index contributed by atoms with van der Waals surface area (Å²) in [6.45, 7) is 1.91. The minimum atomic E-state index is 0.414. The molecule has 4 aliphatic carbocycles. The average molecular weight is 217 g/mol. The van der Waals surface area contributed by atoms with Gasteiger partial charge in [0.1, 0.15) is 11.9 Å². The molecule has 2 heteroatoms. The Labute approximate surface area is 97.3 Å². The number of hydrogen-bond donors (Lipinski definition) is 0. The summed E-state index contributed by atoms with van der Waals surface area (Å²) in [6.07, 6.45) is 8.92. The van der Waals surface area contributed by atoms with Crippen molar-refractivity contribution >= 4 is 0 Å². The highest BCUT2D eigenvalue weighted by Gasteiger charge is 2.49. The molecule has 86 valence electrons. The molecular weight excluding hydrogens is 198 g/mol. The number of allylic oxidation sites excluding steroid dienone is 2. The van der Waals surface area contributed by atoms with E-state index in [-0.39, 0.29) is 0 Å². The lowest BCUT2D eigenvalue weighted by Gasteiger charge is -2.53. The number of nitriles is 1. The normalized spacial score (nSPS) is 45.5. The van der Waals surface area contributed by atoms with Gasteiger partial charge in [-0.3, -0.25) is 0 Å². The topological polar surface area (TPSA) is 33.0 Å². The highest BCUT2D eigenvalue weighted by Crippen LogP contribution is 2.54. The highest BCUT2D eigenvalue weighted by atomic mass is 16.5. The van der Waals surface area contributed by atoms with E-state index in [9.17, 15) is 0 Å². The van der Waals surface area contributed by atoms with E-state index < -0.39 is 0 Å². The molecule has 2 nitrogen and oxygen atoms in total. The lowest BCUT2D eigenvalue weighted by atomic mass is 9.55. The third-order valence-corrected chi connectivity index (χ3v) is 4.73. The predicted molar refractivity (Wildman–Crippen MR) is 61.3 cm³/mol. The molecule has 0 aromatic heterocycles. The summed E-state index contributed by atoms with van der Waals surface area (Å²) in [7, 11) is 0. The Bertz CT molecular complexity index is 324. The van der Waals surface area contributed by atoms with Crippen LogP contribution in [-0.4, -0.2) is 6.10 Å². The number of rotatable bonds is 2. The van der Waals surface area contributed by atoms with Gasteiger partial charge in [-0.15, -0.1) is 0 Å². The van der Waals surface area contributed by atoms with Crippen LogP contribution in [0.25, 0.3) is 0 Å². The van der Waals surface area contributed by atoms with E-state index in [2.05, 4.69) is 6.07 Å². The molecule has 4 bridgehead atoms. The molecule has 0 atom stereocenters. The molecular formula is C14H19NO. The lowest BCUT2D eigenvalue weighted by Crippen LogP contribution is -2.49. The first-order chi connectivity index (χ1) is 7.76. The quantitative estimate of drug-likeness (QED) is 0.525. The average Bonchev–Trinajstić information content (AvgIpc) is 2.23. The van der Waals surface area contributed by atoms with Crippen LogP contribution in [-0.2, 0) is 4.74 Å². The maximum absolute atomic E-state index is 8.61. The summed E-state index contributed by atoms with van der Waals surface area (Å²) in [6, 6.07) is 2.05. The minimum Gasteiger partial charge on any atom is -0.494 e. The smallest absolute Gasteiger partial charge is 0.104 e. The zero-order chi connectivity index (χ0) is 11.1. The first kappa shape index (κ1) is 10.2. The van der Waals surface area contributed by atoms with Crippen molar-refractivity contribution in [3.8, 4) is 6.07 Å². The monoisotopic (exact) mass is 217 g/mol. The molecule has 0 aromatic carbocycles. The summed E-state index contributed by atoms with van der Waals surface area (Å²) < 4.78 is 6.01. The van der Waals surface area contributed by atoms with Gasteiger partial charge in [0.05, 0.1) is 12.1 Å². The van der Waals surface area contributed by atoms with Crippen molar-refractivity contribution in [1.29, 1.82) is 5.26 Å². The first-order valence-corrected chi connectivity index (χ1v) is 6.49. The van der Waals surface area contributed by atoms with Crippen molar-refractivity contribution in [3.63, 3.8) is 0 Å². The summed E-state index contributed by atoms with van der Waals surface area (Å²) >= 11 is 0. The fraction of sp³-hybridized carbons (Fsp3) is 0.786. The molecule has 4 fully saturated rings. The van der Waals surface area contributed by atoms with Crippen LogP contribution in [0.15, 0.2) is 11.8 Å². The van der Waals surface area contributed by atoms with E-state index in [1.165, 1.54) is 38.2 Å². The van der Waals surface area contributed by atoms with Gasteiger partial charge in [0.2, 0.25) is 0 Å². The second-order valence-electron chi connectivity index (χ2n) is 5.90. The summed E-state index contributed by atoms with van der Waals surface area (Å²) in [5, 5.41) is 8.61. The van der Waals surface area contributed by atoms with E-state index in [4.69, 9.17) is 10.00 Å². The summed E-state index contributed by atoms with van der Waals surface area (Å²) in [5.74, 6) is 4.33. The van der Waals surface area contributed by atoms with E-state index in [1.54, 1.807) is 0 Å². The molecule has 0 saturated heterocycles. The maximum atomic E-state index is 8.61. The highest BCUT2D eigenvalue weighted by molar-refractivity contribution is 5.08. The molecule has 0 aromatic rings. The Morgan fingerprint density at radius 3 is 2.19 bits per heavy atom. The zero-order valence-electron chi connectivity index (χ0n) is 9.86. The Balaban J connectivity index is 1.73. The molecule has 0 spiro atoms. The minimum absolute atomic E-state index is 0.414. The molecule has 0 amide bonds. The number of ether oxygens (including phenoxy) is 1. The van der Waals surface area contributed by atoms with Crippen molar-refractivity contribution in [2.75, 3.05) is 0 Å². The van der Waals surface area contributed by atoms with Gasteiger partial charge in [0.25, 0.3) is 0 Å². The second kappa shape index (κ2) is 3.80. The molecule has 0 aliphatic heterocycles. The van der Waals surface area contributed by atoms with Crippen molar-refractivity contribution in [1.82, 2.24) is 0 Å². The Kier molecular flexibility index (Phi) is 2.42. The molecule has 4 aliphatic rings. The second-order valence-corrected chi connectivity index (χ2v) is 5.90. The summed E-state index contributed by atoms with van der Waals surface area (Å²) in [4.78, 5) is 0. The molecule has 0 N–H and O–H groups in total. The largest absolute Gasteiger partial charge is 0.494 e. The molecule has 4 saturated carbocycles. The molecule has 16 heavy (non-hydrogen) atoms. The van der Waals surface area contributed by atoms with Crippen LogP contribution in [0.5, 0.6) is 0 Å². The van der Waals surface area contributed by atoms with Gasteiger partial charge in [-0.1, -0.05) is 0 Å². The van der Waals surface area contributed by atoms with Gasteiger partial charge in [-0.2, -0.15) is 5.26 Å². The maximum Gasteiger partial charge on any atom is 0.104 e. The van der Waals surface area contributed by atoms with Crippen LogP contribution >= 0.6 is 0 Å². The van der Waals surface area contributed by atoms with Crippen molar-refractivity contribution < 1.29 is 4.74 Å². The van der Waals surface area contributed by atoms with E-state index in [0.717, 1.165) is 29.4 Å². The van der Waals surface area contributed by atoms with E-state index in [1.807, 2.05) is 6.92 Å². The number of hydrogen-bond acceptors (Lipinski definition) is 2. The van der Waals surface area contributed by atoms with Crippen molar-refractivity contribution in [2.24, 2.45) is 23.7 Å². The fourth-order valence-electron chi connectivity index (χ4n) is 4.41. The van der Waals surface area contributed by atoms with E-state index >= 15 is 0 Å². The van der Waals surface area contributed by atoms with Gasteiger partial charge in [0.15, 0.2) is 0 Å². The molecule has 0 radical (unpaired) electrons. The van der Waals surface area contributed by atoms with Crippen LogP contribution in [0.2, 0.25) is 0 Å². The predicted octanol–water partition coefficient (Wildman–Crippen LogP) is 3.26. The number of nitrogens with zero attached hydrogens (tertiary/aromatic N) is 1. The van der Waals surface area contributed by atoms with Gasteiger partial charge in [-0.25, -0.2) is 0 Å². The first-order valence-electron chi connectivity index (χ1n) is 6.49. The van der Waals surface area contributed by atoms with Gasteiger partial charge >= 0.3 is 0 Å². The zero-order valence-corrected chi connectivity index (χ0v) is 9.86. The van der Waals surface area contributed by atoms with Crippen LogP contribution < -0.4 is 0 Å². The van der Waals surface area contributed by atoms with Crippen LogP contribution in [0.4, 0.5) is 0 Å². The van der Waals surface area contributed by atoms with Crippen molar-refractivity contribution in [3.05, 3.63) is 11.8 Å². The van der Waals surface area contributed by atoms with Gasteiger partial charge in [-0.05, 0) is 62.7 Å². The third kappa shape index (κ3) is 1.63. The summed E-state index contributed by atoms with van der Waals surface area (Å²) in [5.41, 5.74) is 0. The SMILES string of the molecule is C/C(=C\C#N)OC1C2CC3CC(C2)CC1C3. The fourth-order valence-corrected chi connectivity index (χ4v) is 4.41. The van der Waals surface area contributed by atoms with Crippen molar-refractivity contribution in [2.45, 2.75) is 45.1 Å². The van der Waals surface area contributed by atoms with E-state index in [0.29, 0.717) is 6.10 Å². The lowest BCUT2D eigenvalue weighted by molar-refractivity contribution is -0.105. The third-order valence-electron chi connectivity index (χ3n) is 4.73. The standard InChI is InChI=1S/C14H19NO/c1-9(2-3-15)16-14-12-5-10-4-11(7-12)8-13(14)6-10/h2,10-14H,4-8H2,1H3/b9-2+. The van der Waals surface area contributed by atoms with Gasteiger partial charge < -0.3 is 4.74 Å². The Hall–Kier alpha value is -0.970. The molecule has 0 unspecified atom stereocenters. The van der Waals surface area contributed by atoms with Crippen LogP contribution in [0.1, 0.15) is 39.0 Å².